The second-order valence-corrected chi connectivity index (χ2v) is 9.23. The average molecular weight is 498 g/mol. The molecule has 0 aliphatic carbocycles. The zero-order valence-corrected chi connectivity index (χ0v) is 19.8. The number of carbonyl (C=O) groups is 1. The van der Waals surface area contributed by atoms with Gasteiger partial charge < -0.3 is 9.47 Å². The van der Waals surface area contributed by atoms with Crippen LogP contribution in [0.4, 0.5) is 5.69 Å². The lowest BCUT2D eigenvalue weighted by Gasteiger charge is -2.19. The van der Waals surface area contributed by atoms with Crippen LogP contribution in [-0.4, -0.2) is 34.4 Å². The molecule has 10 heteroatoms. The molecule has 0 unspecified atom stereocenters. The standard InChI is InChI=1S/C24H20ClN3O5S/c1-32-21-5-3-4-16(22(21)33-2)14-20-24(29)28(18-10-12-19(13-11-18)34(26,30)31)23(27-20)15-6-8-17(25)9-7-15/h3-14H,1-2H3,(H2,26,30,31)/b20-14+. The summed E-state index contributed by atoms with van der Waals surface area (Å²) < 4.78 is 34.1. The van der Waals surface area contributed by atoms with E-state index in [2.05, 4.69) is 4.99 Å². The molecule has 0 fully saturated rings. The first kappa shape index (κ1) is 23.5. The third kappa shape index (κ3) is 4.54. The van der Waals surface area contributed by atoms with E-state index in [1.54, 1.807) is 48.5 Å². The summed E-state index contributed by atoms with van der Waals surface area (Å²) in [6, 6.07) is 17.9. The minimum Gasteiger partial charge on any atom is -0.493 e. The number of benzene rings is 3. The molecule has 1 aliphatic heterocycles. The van der Waals surface area contributed by atoms with Gasteiger partial charge in [-0.2, -0.15) is 0 Å². The van der Waals surface area contributed by atoms with E-state index in [-0.39, 0.29) is 10.6 Å². The number of para-hydroxylation sites is 1. The molecule has 174 valence electrons. The van der Waals surface area contributed by atoms with Crippen molar-refractivity contribution in [1.82, 2.24) is 0 Å². The predicted molar refractivity (Wildman–Crippen MR) is 131 cm³/mol. The van der Waals surface area contributed by atoms with Gasteiger partial charge in [0.1, 0.15) is 11.5 Å². The summed E-state index contributed by atoms with van der Waals surface area (Å²) in [5, 5.41) is 5.74. The SMILES string of the molecule is COc1cccc(/C=C2/N=C(c3ccc(Cl)cc3)N(c3ccc(S(N)(=O)=O)cc3)C2=O)c1OC. The largest absolute Gasteiger partial charge is 0.493 e. The first-order valence-corrected chi connectivity index (χ1v) is 11.9. The smallest absolute Gasteiger partial charge is 0.282 e. The van der Waals surface area contributed by atoms with Crippen LogP contribution < -0.4 is 19.5 Å². The van der Waals surface area contributed by atoms with Crippen LogP contribution in [-0.2, 0) is 14.8 Å². The molecule has 0 aromatic heterocycles. The molecule has 0 bridgehead atoms. The summed E-state index contributed by atoms with van der Waals surface area (Å²) in [5.41, 5.74) is 1.84. The Morgan fingerprint density at radius 1 is 0.971 bits per heavy atom. The Kier molecular flexibility index (Phi) is 6.43. The minimum absolute atomic E-state index is 0.0650. The van der Waals surface area contributed by atoms with E-state index in [9.17, 15) is 13.2 Å². The summed E-state index contributed by atoms with van der Waals surface area (Å²) in [4.78, 5) is 19.4. The van der Waals surface area contributed by atoms with Gasteiger partial charge >= 0.3 is 0 Å². The number of halogens is 1. The van der Waals surface area contributed by atoms with Crippen molar-refractivity contribution in [2.45, 2.75) is 4.90 Å². The van der Waals surface area contributed by atoms with E-state index < -0.39 is 15.9 Å². The summed E-state index contributed by atoms with van der Waals surface area (Å²) >= 11 is 6.03. The summed E-state index contributed by atoms with van der Waals surface area (Å²) in [7, 11) is -0.839. The zero-order valence-electron chi connectivity index (χ0n) is 18.2. The molecule has 3 aromatic carbocycles. The second-order valence-electron chi connectivity index (χ2n) is 7.23. The fourth-order valence-electron chi connectivity index (χ4n) is 3.51. The highest BCUT2D eigenvalue weighted by molar-refractivity contribution is 7.89. The molecule has 8 nitrogen and oxygen atoms in total. The number of carbonyl (C=O) groups excluding carboxylic acids is 1. The van der Waals surface area contributed by atoms with Gasteiger partial charge in [0.2, 0.25) is 10.0 Å². The van der Waals surface area contributed by atoms with E-state index in [1.807, 2.05) is 0 Å². The number of nitrogens with zero attached hydrogens (tertiary/aromatic N) is 2. The number of aliphatic imine (C=N–C) groups is 1. The van der Waals surface area contributed by atoms with Gasteiger partial charge in [0, 0.05) is 16.1 Å². The molecule has 4 rings (SSSR count). The van der Waals surface area contributed by atoms with Crippen molar-refractivity contribution in [3.8, 4) is 11.5 Å². The molecular formula is C24H20ClN3O5S. The van der Waals surface area contributed by atoms with Crippen LogP contribution in [0, 0.1) is 0 Å². The number of ether oxygens (including phenoxy) is 2. The number of nitrogens with two attached hydrogens (primary N) is 1. The normalized spacial score (nSPS) is 14.9. The van der Waals surface area contributed by atoms with Gasteiger partial charge in [0.25, 0.3) is 5.91 Å². The third-order valence-electron chi connectivity index (χ3n) is 5.11. The van der Waals surface area contributed by atoms with Gasteiger partial charge in [0.05, 0.1) is 24.8 Å². The van der Waals surface area contributed by atoms with E-state index in [0.29, 0.717) is 39.2 Å². The second kappa shape index (κ2) is 9.30. The maximum Gasteiger partial charge on any atom is 0.282 e. The molecule has 1 heterocycles. The van der Waals surface area contributed by atoms with Gasteiger partial charge in [-0.3, -0.25) is 9.69 Å². The topological polar surface area (TPSA) is 111 Å². The van der Waals surface area contributed by atoms with Crippen LogP contribution in [0.1, 0.15) is 11.1 Å². The maximum absolute atomic E-state index is 13.5. The summed E-state index contributed by atoms with van der Waals surface area (Å²) in [5.74, 6) is 0.931. The molecular weight excluding hydrogens is 478 g/mol. The van der Waals surface area contributed by atoms with Gasteiger partial charge in [-0.15, -0.1) is 0 Å². The number of amides is 1. The molecule has 0 saturated heterocycles. The Hall–Kier alpha value is -3.66. The molecule has 2 N–H and O–H groups in total. The highest BCUT2D eigenvalue weighted by atomic mass is 35.5. The van der Waals surface area contributed by atoms with Gasteiger partial charge in [-0.25, -0.2) is 18.5 Å². The van der Waals surface area contributed by atoms with Crippen molar-refractivity contribution in [3.63, 3.8) is 0 Å². The number of hydrogen-bond donors (Lipinski definition) is 1. The first-order valence-electron chi connectivity index (χ1n) is 9.97. The van der Waals surface area contributed by atoms with Crippen molar-refractivity contribution in [1.29, 1.82) is 0 Å². The monoisotopic (exact) mass is 497 g/mol. The highest BCUT2D eigenvalue weighted by Gasteiger charge is 2.33. The Balaban J connectivity index is 1.84. The fourth-order valence-corrected chi connectivity index (χ4v) is 4.15. The number of sulfonamides is 1. The summed E-state index contributed by atoms with van der Waals surface area (Å²) in [6.07, 6.45) is 1.61. The van der Waals surface area contributed by atoms with Crippen LogP contribution in [0.3, 0.4) is 0 Å². The van der Waals surface area contributed by atoms with Crippen LogP contribution in [0.25, 0.3) is 6.08 Å². The quantitative estimate of drug-likeness (QED) is 0.520. The number of anilines is 1. The summed E-state index contributed by atoms with van der Waals surface area (Å²) in [6.45, 7) is 0. The van der Waals surface area contributed by atoms with Gasteiger partial charge in [-0.05, 0) is 60.7 Å². The van der Waals surface area contributed by atoms with Crippen LogP contribution >= 0.6 is 11.6 Å². The lowest BCUT2D eigenvalue weighted by molar-refractivity contribution is -0.113. The van der Waals surface area contributed by atoms with E-state index in [1.165, 1.54) is 43.4 Å². The number of amidine groups is 1. The van der Waals surface area contributed by atoms with Crippen LogP contribution in [0.5, 0.6) is 11.5 Å². The Morgan fingerprint density at radius 2 is 1.65 bits per heavy atom. The number of rotatable bonds is 6. The van der Waals surface area contributed by atoms with Gasteiger partial charge in [-0.1, -0.05) is 23.7 Å². The Labute approximate surface area is 201 Å². The van der Waals surface area contributed by atoms with Crippen molar-refractivity contribution >= 4 is 45.1 Å². The molecule has 3 aromatic rings. The van der Waals surface area contributed by atoms with Crippen molar-refractivity contribution in [2.24, 2.45) is 10.1 Å². The molecule has 0 atom stereocenters. The van der Waals surface area contributed by atoms with Crippen molar-refractivity contribution in [3.05, 3.63) is 88.6 Å². The zero-order chi connectivity index (χ0) is 24.5. The van der Waals surface area contributed by atoms with Crippen molar-refractivity contribution < 1.29 is 22.7 Å². The molecule has 0 radical (unpaired) electrons. The van der Waals surface area contributed by atoms with Gasteiger partial charge in [0.15, 0.2) is 11.5 Å². The van der Waals surface area contributed by atoms with Crippen LogP contribution in [0.15, 0.2) is 82.3 Å². The number of hydrogen-bond acceptors (Lipinski definition) is 6. The minimum atomic E-state index is -3.88. The van der Waals surface area contributed by atoms with Crippen molar-refractivity contribution in [2.75, 3.05) is 19.1 Å². The molecule has 0 spiro atoms. The number of primary sulfonamides is 1. The van der Waals surface area contributed by atoms with E-state index in [0.717, 1.165) is 0 Å². The first-order chi connectivity index (χ1) is 16.2. The number of methoxy groups -OCH3 is 2. The molecule has 34 heavy (non-hydrogen) atoms. The Morgan fingerprint density at radius 3 is 2.24 bits per heavy atom. The average Bonchev–Trinajstić information content (AvgIpc) is 3.14. The fraction of sp³-hybridized carbons (Fsp3) is 0.0833. The lowest BCUT2D eigenvalue weighted by Crippen LogP contribution is -2.32. The van der Waals surface area contributed by atoms with Crippen LogP contribution in [0.2, 0.25) is 5.02 Å². The molecule has 0 saturated carbocycles. The molecule has 1 amide bonds. The third-order valence-corrected chi connectivity index (χ3v) is 6.29. The predicted octanol–water partition coefficient (Wildman–Crippen LogP) is 3.84. The lowest BCUT2D eigenvalue weighted by atomic mass is 10.1. The Bertz CT molecular complexity index is 1420. The highest BCUT2D eigenvalue weighted by Crippen LogP contribution is 2.34. The maximum atomic E-state index is 13.5. The van der Waals surface area contributed by atoms with E-state index in [4.69, 9.17) is 26.2 Å². The molecule has 1 aliphatic rings. The van der Waals surface area contributed by atoms with E-state index >= 15 is 0 Å².